The summed E-state index contributed by atoms with van der Waals surface area (Å²) in [5.74, 6) is 0. The number of nitrogens with zero attached hydrogens (tertiary/aromatic N) is 1. The summed E-state index contributed by atoms with van der Waals surface area (Å²) in [7, 11) is -5.69. The minimum Gasteiger partial charge on any atom is -0.443 e. The Balaban J connectivity index is 2.72. The minimum absolute atomic E-state index is 0.0609. The van der Waals surface area contributed by atoms with E-state index in [1.807, 2.05) is 0 Å². The lowest BCUT2D eigenvalue weighted by Gasteiger charge is -2.30. The molecule has 0 fully saturated rings. The Morgan fingerprint density at radius 2 is 1.86 bits per heavy atom. The first kappa shape index (κ1) is 17.8. The first-order valence-electron chi connectivity index (χ1n) is 5.98. The number of rotatable bonds is 2. The molecule has 1 unspecified atom stereocenters. The summed E-state index contributed by atoms with van der Waals surface area (Å²) in [5.41, 5.74) is -6.28. The van der Waals surface area contributed by atoms with Crippen molar-refractivity contribution in [3.05, 3.63) is 12.3 Å². The summed E-state index contributed by atoms with van der Waals surface area (Å²) in [4.78, 5) is 12.7. The van der Waals surface area contributed by atoms with E-state index in [9.17, 15) is 26.4 Å². The Morgan fingerprint density at radius 1 is 1.29 bits per heavy atom. The second-order valence-corrected chi connectivity index (χ2v) is 6.93. The van der Waals surface area contributed by atoms with Crippen LogP contribution in [0.4, 0.5) is 18.0 Å². The summed E-state index contributed by atoms with van der Waals surface area (Å²) in [6, 6.07) is 0. The summed E-state index contributed by atoms with van der Waals surface area (Å²) in [5, 5.41) is 0. The summed E-state index contributed by atoms with van der Waals surface area (Å²) in [6.45, 7) is 4.53. The molecule has 122 valence electrons. The molecule has 6 nitrogen and oxygen atoms in total. The van der Waals surface area contributed by atoms with Crippen molar-refractivity contribution >= 4 is 16.2 Å². The first-order valence-corrected chi connectivity index (χ1v) is 7.38. The monoisotopic (exact) mass is 331 g/mol. The van der Waals surface area contributed by atoms with Gasteiger partial charge in [0.25, 0.3) is 0 Å². The fourth-order valence-electron chi connectivity index (χ4n) is 1.45. The highest BCUT2D eigenvalue weighted by atomic mass is 32.2. The quantitative estimate of drug-likeness (QED) is 0.574. The van der Waals surface area contributed by atoms with Crippen molar-refractivity contribution in [2.75, 3.05) is 6.54 Å². The number of hydrogen-bond acceptors (Lipinski definition) is 5. The van der Waals surface area contributed by atoms with Crippen molar-refractivity contribution in [2.45, 2.75) is 44.4 Å². The van der Waals surface area contributed by atoms with Crippen LogP contribution in [0.25, 0.3) is 0 Å². The maximum absolute atomic E-state index is 12.2. The highest BCUT2D eigenvalue weighted by Gasteiger charge is 2.48. The molecule has 0 bridgehead atoms. The molecule has 0 N–H and O–H groups in total. The summed E-state index contributed by atoms with van der Waals surface area (Å²) in [6.07, 6.45) is 0.484. The second-order valence-electron chi connectivity index (χ2n) is 5.37. The third-order valence-electron chi connectivity index (χ3n) is 2.26. The number of ether oxygens (including phenoxy) is 1. The first-order chi connectivity index (χ1) is 9.32. The predicted molar refractivity (Wildman–Crippen MR) is 66.5 cm³/mol. The maximum atomic E-state index is 12.2. The van der Waals surface area contributed by atoms with Crippen molar-refractivity contribution in [1.29, 1.82) is 0 Å². The van der Waals surface area contributed by atoms with Gasteiger partial charge >= 0.3 is 21.7 Å². The molecular weight excluding hydrogens is 315 g/mol. The average molecular weight is 331 g/mol. The number of carbonyl (C=O) groups is 1. The Kier molecular flexibility index (Phi) is 4.94. The van der Waals surface area contributed by atoms with Gasteiger partial charge in [0.2, 0.25) is 0 Å². The van der Waals surface area contributed by atoms with E-state index in [1.54, 1.807) is 20.8 Å². The fraction of sp³-hybridized carbons (Fsp3) is 0.727. The number of hydrogen-bond donors (Lipinski definition) is 0. The predicted octanol–water partition coefficient (Wildman–Crippen LogP) is 2.38. The van der Waals surface area contributed by atoms with Crippen LogP contribution in [0.5, 0.6) is 0 Å². The third kappa shape index (κ3) is 5.20. The van der Waals surface area contributed by atoms with Crippen molar-refractivity contribution < 1.29 is 35.3 Å². The standard InChI is InChI=1S/C11H16F3NO5S/c1-10(2,3)19-9(16)15-6-4-5-8(7-15)20-21(17,18)11(12,13)14/h4,6,8H,5,7H2,1-3H3. The number of carbonyl (C=O) groups excluding carboxylic acids is 1. The van der Waals surface area contributed by atoms with E-state index in [2.05, 4.69) is 4.18 Å². The van der Waals surface area contributed by atoms with Crippen LogP contribution >= 0.6 is 0 Å². The van der Waals surface area contributed by atoms with Gasteiger partial charge in [-0.15, -0.1) is 0 Å². The Bertz CT molecular complexity index is 521. The lowest BCUT2D eigenvalue weighted by Crippen LogP contribution is -2.42. The van der Waals surface area contributed by atoms with Crippen molar-refractivity contribution in [2.24, 2.45) is 0 Å². The maximum Gasteiger partial charge on any atom is 0.523 e. The van der Waals surface area contributed by atoms with E-state index in [1.165, 1.54) is 12.3 Å². The lowest BCUT2D eigenvalue weighted by atomic mass is 10.2. The molecule has 0 saturated heterocycles. The number of alkyl halides is 3. The second kappa shape index (κ2) is 5.84. The van der Waals surface area contributed by atoms with E-state index >= 15 is 0 Å². The fourth-order valence-corrected chi connectivity index (χ4v) is 2.06. The van der Waals surface area contributed by atoms with Gasteiger partial charge in [-0.1, -0.05) is 6.08 Å². The highest BCUT2D eigenvalue weighted by molar-refractivity contribution is 7.87. The molecule has 10 heteroatoms. The van der Waals surface area contributed by atoms with E-state index in [0.717, 1.165) is 4.90 Å². The Morgan fingerprint density at radius 3 is 2.33 bits per heavy atom. The van der Waals surface area contributed by atoms with E-state index in [4.69, 9.17) is 4.74 Å². The third-order valence-corrected chi connectivity index (χ3v) is 3.35. The largest absolute Gasteiger partial charge is 0.523 e. The van der Waals surface area contributed by atoms with Gasteiger partial charge in [-0.2, -0.15) is 21.6 Å². The molecular formula is C11H16F3NO5S. The van der Waals surface area contributed by atoms with Crippen LogP contribution in [-0.4, -0.2) is 43.2 Å². The van der Waals surface area contributed by atoms with Crippen LogP contribution in [0.2, 0.25) is 0 Å². The SMILES string of the molecule is CC(C)(C)OC(=O)N1C=CCC(OS(=O)(=O)C(F)(F)F)C1. The van der Waals surface area contributed by atoms with Crippen molar-refractivity contribution in [3.63, 3.8) is 0 Å². The van der Waals surface area contributed by atoms with Crippen molar-refractivity contribution in [3.8, 4) is 0 Å². The molecule has 0 aromatic rings. The van der Waals surface area contributed by atoms with Gasteiger partial charge < -0.3 is 4.74 Å². The zero-order valence-electron chi connectivity index (χ0n) is 11.7. The van der Waals surface area contributed by atoms with Crippen LogP contribution < -0.4 is 0 Å². The zero-order chi connectivity index (χ0) is 16.5. The summed E-state index contributed by atoms with van der Waals surface area (Å²) >= 11 is 0. The van der Waals surface area contributed by atoms with Crippen LogP contribution in [0.3, 0.4) is 0 Å². The van der Waals surface area contributed by atoms with Gasteiger partial charge in [0.1, 0.15) is 5.60 Å². The molecule has 0 spiro atoms. The zero-order valence-corrected chi connectivity index (χ0v) is 12.5. The molecule has 1 aliphatic heterocycles. The Labute approximate surface area is 120 Å². The molecule has 0 aromatic heterocycles. The minimum atomic E-state index is -5.69. The molecule has 0 saturated carbocycles. The number of amides is 1. The molecule has 1 amide bonds. The van der Waals surface area contributed by atoms with Crippen LogP contribution in [0, 0.1) is 0 Å². The lowest BCUT2D eigenvalue weighted by molar-refractivity contribution is -0.0582. The van der Waals surface area contributed by atoms with E-state index < -0.39 is 33.4 Å². The van der Waals surface area contributed by atoms with Gasteiger partial charge in [-0.3, -0.25) is 9.08 Å². The van der Waals surface area contributed by atoms with Gasteiger partial charge in [0.15, 0.2) is 0 Å². The molecule has 1 aliphatic rings. The Hall–Kier alpha value is -1.29. The molecule has 1 atom stereocenters. The highest BCUT2D eigenvalue weighted by Crippen LogP contribution is 2.27. The smallest absolute Gasteiger partial charge is 0.443 e. The van der Waals surface area contributed by atoms with Gasteiger partial charge in [-0.25, -0.2) is 4.79 Å². The van der Waals surface area contributed by atoms with Gasteiger partial charge in [-0.05, 0) is 27.2 Å². The molecule has 1 heterocycles. The topological polar surface area (TPSA) is 72.9 Å². The molecule has 21 heavy (non-hydrogen) atoms. The molecule has 1 rings (SSSR count). The molecule has 0 aliphatic carbocycles. The number of halogens is 3. The summed E-state index contributed by atoms with van der Waals surface area (Å²) < 4.78 is 67.7. The van der Waals surface area contributed by atoms with Crippen LogP contribution in [-0.2, 0) is 19.0 Å². The van der Waals surface area contributed by atoms with E-state index in [-0.39, 0.29) is 13.0 Å². The van der Waals surface area contributed by atoms with Gasteiger partial charge in [0, 0.05) is 6.20 Å². The van der Waals surface area contributed by atoms with Crippen molar-refractivity contribution in [1.82, 2.24) is 4.90 Å². The van der Waals surface area contributed by atoms with Gasteiger partial charge in [0.05, 0.1) is 12.6 Å². The van der Waals surface area contributed by atoms with Crippen LogP contribution in [0.1, 0.15) is 27.2 Å². The normalized spacial score (nSPS) is 20.5. The average Bonchev–Trinajstić information content (AvgIpc) is 2.24. The van der Waals surface area contributed by atoms with Crippen LogP contribution in [0.15, 0.2) is 12.3 Å². The van der Waals surface area contributed by atoms with E-state index in [0.29, 0.717) is 0 Å². The molecule has 0 radical (unpaired) electrons. The molecule has 0 aromatic carbocycles.